The lowest BCUT2D eigenvalue weighted by atomic mass is 9.83. The van der Waals surface area contributed by atoms with Crippen LogP contribution in [0, 0.1) is 0 Å². The molecule has 0 aromatic heterocycles. The van der Waals surface area contributed by atoms with Crippen LogP contribution in [0.25, 0.3) is 43.1 Å². The second-order valence-corrected chi connectivity index (χ2v) is 9.44. The number of hydrogen-bond acceptors (Lipinski definition) is 6. The van der Waals surface area contributed by atoms with Crippen molar-refractivity contribution >= 4 is 113 Å². The molecule has 7 rings (SSSR count). The molecule has 0 aliphatic carbocycles. The molecule has 0 unspecified atom stereocenters. The van der Waals surface area contributed by atoms with Gasteiger partial charge in [-0.15, -0.1) is 0 Å². The van der Waals surface area contributed by atoms with Crippen LogP contribution in [0.5, 0.6) is 0 Å². The lowest BCUT2D eigenvalue weighted by molar-refractivity contribution is 0.0373. The molecule has 0 bridgehead atoms. The quantitative estimate of drug-likeness (QED) is 0.0931. The number of benzene rings is 5. The molecule has 0 saturated heterocycles. The zero-order valence-corrected chi connectivity index (χ0v) is 19.3. The highest BCUT2D eigenvalue weighted by molar-refractivity contribution is 6.57. The first-order chi connectivity index (χ1) is 16.2. The summed E-state index contributed by atoms with van der Waals surface area (Å²) in [7, 11) is 0. The van der Waals surface area contributed by atoms with E-state index in [0.29, 0.717) is 37.7 Å². The number of hydrogen-bond donors (Lipinski definition) is 0. The SMILES string of the molecule is O=C1OC(=O)c2ccc3c4c(Cl)c(Cl)c5c6c(c(Cl)c(Cl)c(c7ccc1c2c73)c64)C(=O)OC5=O. The number of halogens is 4. The third kappa shape index (κ3) is 2.11. The highest BCUT2D eigenvalue weighted by atomic mass is 35.5. The van der Waals surface area contributed by atoms with Gasteiger partial charge < -0.3 is 9.47 Å². The third-order valence-corrected chi connectivity index (χ3v) is 8.14. The van der Waals surface area contributed by atoms with Crippen molar-refractivity contribution in [2.75, 3.05) is 0 Å². The Balaban J connectivity index is 1.92. The molecule has 0 spiro atoms. The predicted molar refractivity (Wildman–Crippen MR) is 127 cm³/mol. The second kappa shape index (κ2) is 6.29. The molecule has 2 aliphatic heterocycles. The zero-order valence-electron chi connectivity index (χ0n) is 16.3. The lowest BCUT2D eigenvalue weighted by Gasteiger charge is -2.25. The molecule has 164 valence electrons. The molecule has 6 nitrogen and oxygen atoms in total. The van der Waals surface area contributed by atoms with Crippen molar-refractivity contribution in [1.82, 2.24) is 0 Å². The van der Waals surface area contributed by atoms with Gasteiger partial charge >= 0.3 is 23.9 Å². The highest BCUT2D eigenvalue weighted by Crippen LogP contribution is 2.54. The minimum Gasteiger partial charge on any atom is -0.386 e. The zero-order chi connectivity index (χ0) is 23.8. The Hall–Kier alpha value is -3.16. The van der Waals surface area contributed by atoms with Crippen LogP contribution in [0.4, 0.5) is 0 Å². The largest absolute Gasteiger partial charge is 0.386 e. The molecule has 0 radical (unpaired) electrons. The summed E-state index contributed by atoms with van der Waals surface area (Å²) in [5.74, 6) is -3.47. The number of rotatable bonds is 0. The van der Waals surface area contributed by atoms with Crippen LogP contribution in [-0.2, 0) is 9.47 Å². The van der Waals surface area contributed by atoms with Gasteiger partial charge in [-0.05, 0) is 28.3 Å². The number of carbonyl (C=O) groups is 4. The third-order valence-electron chi connectivity index (χ3n) is 6.43. The molecule has 2 heterocycles. The maximum atomic E-state index is 12.7. The van der Waals surface area contributed by atoms with Crippen molar-refractivity contribution in [2.24, 2.45) is 0 Å². The molecule has 0 saturated carbocycles. The highest BCUT2D eigenvalue weighted by Gasteiger charge is 2.38. The van der Waals surface area contributed by atoms with E-state index in [1.807, 2.05) is 0 Å². The Kier molecular flexibility index (Phi) is 3.74. The number of esters is 4. The van der Waals surface area contributed by atoms with Gasteiger partial charge in [-0.2, -0.15) is 0 Å². The monoisotopic (exact) mass is 528 g/mol. The van der Waals surface area contributed by atoms with Gasteiger partial charge in [-0.1, -0.05) is 58.5 Å². The maximum Gasteiger partial charge on any atom is 0.348 e. The summed E-state index contributed by atoms with van der Waals surface area (Å²) in [6.45, 7) is 0. The van der Waals surface area contributed by atoms with E-state index < -0.39 is 23.9 Å². The van der Waals surface area contributed by atoms with Gasteiger partial charge in [0.2, 0.25) is 0 Å². The molecular formula is C24H4Cl4O6. The molecule has 0 atom stereocenters. The number of carbonyl (C=O) groups excluding carboxylic acids is 4. The summed E-state index contributed by atoms with van der Waals surface area (Å²) < 4.78 is 9.72. The molecule has 2 aliphatic rings. The van der Waals surface area contributed by atoms with Crippen LogP contribution in [0.15, 0.2) is 24.3 Å². The molecular weight excluding hydrogens is 526 g/mol. The first-order valence-corrected chi connectivity index (χ1v) is 11.2. The average molecular weight is 530 g/mol. The first-order valence-electron chi connectivity index (χ1n) is 9.71. The maximum absolute atomic E-state index is 12.7. The molecule has 0 fully saturated rings. The number of fused-ring (bicyclic) bond motifs is 2. The van der Waals surface area contributed by atoms with E-state index in [4.69, 9.17) is 55.9 Å². The minimum atomic E-state index is -0.954. The van der Waals surface area contributed by atoms with Crippen molar-refractivity contribution in [2.45, 2.75) is 0 Å². The molecule has 0 N–H and O–H groups in total. The normalized spacial score (nSPS) is 15.2. The van der Waals surface area contributed by atoms with Gasteiger partial charge in [0.25, 0.3) is 0 Å². The minimum absolute atomic E-state index is 0.0251. The Morgan fingerprint density at radius 2 is 0.882 bits per heavy atom. The molecule has 5 aromatic carbocycles. The van der Waals surface area contributed by atoms with Crippen LogP contribution in [0.2, 0.25) is 20.1 Å². The standard InChI is InChI=1S/C24H4Cl4O6/c25-17-11-5-1-3-7-10-8(22(30)33-21(7)29)4-2-6(9(5)10)12-13(11)14-15(19(17)27)23(31)34-24(32)16(14)20(28)18(12)26/h1-4H. The number of cyclic esters (lactones) is 4. The van der Waals surface area contributed by atoms with Gasteiger partial charge in [0.15, 0.2) is 0 Å². The molecule has 0 amide bonds. The molecule has 34 heavy (non-hydrogen) atoms. The summed E-state index contributed by atoms with van der Waals surface area (Å²) in [6, 6.07) is 6.35. The summed E-state index contributed by atoms with van der Waals surface area (Å²) in [5.41, 5.74) is 0.222. The fourth-order valence-electron chi connectivity index (χ4n) is 5.15. The summed E-state index contributed by atoms with van der Waals surface area (Å²) in [6.07, 6.45) is 0. The van der Waals surface area contributed by atoms with E-state index >= 15 is 0 Å². The predicted octanol–water partition coefficient (Wildman–Crippen LogP) is 6.97. The van der Waals surface area contributed by atoms with E-state index in [1.165, 1.54) is 12.1 Å². The van der Waals surface area contributed by atoms with Crippen molar-refractivity contribution in [1.29, 1.82) is 0 Å². The van der Waals surface area contributed by atoms with Gasteiger partial charge in [-0.3, -0.25) is 0 Å². The Labute approximate surface area is 208 Å². The second-order valence-electron chi connectivity index (χ2n) is 7.93. The number of ether oxygens (including phenoxy) is 2. The van der Waals surface area contributed by atoms with E-state index in [2.05, 4.69) is 0 Å². The van der Waals surface area contributed by atoms with Crippen LogP contribution in [0.1, 0.15) is 41.4 Å². The Morgan fingerprint density at radius 3 is 1.35 bits per heavy atom. The van der Waals surface area contributed by atoms with Crippen LogP contribution in [-0.4, -0.2) is 23.9 Å². The Bertz CT molecular complexity index is 1800. The first kappa shape index (κ1) is 20.2. The van der Waals surface area contributed by atoms with Gasteiger partial charge in [-0.25, -0.2) is 19.2 Å². The Morgan fingerprint density at radius 1 is 0.441 bits per heavy atom. The van der Waals surface area contributed by atoms with E-state index in [1.54, 1.807) is 12.1 Å². The average Bonchev–Trinajstić information content (AvgIpc) is 2.80. The van der Waals surface area contributed by atoms with Crippen molar-refractivity contribution in [3.05, 3.63) is 66.6 Å². The fraction of sp³-hybridized carbons (Fsp3) is 0. The van der Waals surface area contributed by atoms with Crippen molar-refractivity contribution < 1.29 is 28.7 Å². The van der Waals surface area contributed by atoms with Crippen molar-refractivity contribution in [3.8, 4) is 0 Å². The van der Waals surface area contributed by atoms with Crippen LogP contribution >= 0.6 is 46.4 Å². The van der Waals surface area contributed by atoms with Crippen molar-refractivity contribution in [3.63, 3.8) is 0 Å². The lowest BCUT2D eigenvalue weighted by Crippen LogP contribution is -2.21. The van der Waals surface area contributed by atoms with Gasteiger partial charge in [0.05, 0.1) is 42.3 Å². The van der Waals surface area contributed by atoms with E-state index in [-0.39, 0.29) is 47.7 Å². The van der Waals surface area contributed by atoms with Gasteiger partial charge in [0, 0.05) is 26.9 Å². The van der Waals surface area contributed by atoms with E-state index in [0.717, 1.165) is 0 Å². The van der Waals surface area contributed by atoms with Gasteiger partial charge in [0.1, 0.15) is 0 Å². The van der Waals surface area contributed by atoms with Crippen LogP contribution in [0.3, 0.4) is 0 Å². The molecule has 5 aromatic rings. The molecule has 10 heteroatoms. The summed E-state index contributed by atoms with van der Waals surface area (Å²) in [4.78, 5) is 50.3. The van der Waals surface area contributed by atoms with E-state index in [9.17, 15) is 19.2 Å². The topological polar surface area (TPSA) is 86.7 Å². The summed E-state index contributed by atoms with van der Waals surface area (Å²) >= 11 is 26.5. The fourth-order valence-corrected chi connectivity index (χ4v) is 6.26. The smallest absolute Gasteiger partial charge is 0.348 e. The van der Waals surface area contributed by atoms with Crippen LogP contribution < -0.4 is 0 Å². The summed E-state index contributed by atoms with van der Waals surface area (Å²) in [5, 5.41) is 3.17.